The van der Waals surface area contributed by atoms with Crippen LogP contribution in [-0.2, 0) is 12.8 Å². The van der Waals surface area contributed by atoms with Crippen LogP contribution in [0, 0.1) is 10.8 Å². The number of benzene rings is 1. The summed E-state index contributed by atoms with van der Waals surface area (Å²) in [4.78, 5) is 0. The van der Waals surface area contributed by atoms with Gasteiger partial charge in [-0.05, 0) is 41.2 Å². The van der Waals surface area contributed by atoms with Crippen LogP contribution < -0.4 is 0 Å². The van der Waals surface area contributed by atoms with Crippen LogP contribution >= 0.6 is 0 Å². The first kappa shape index (κ1) is 10.7. The Morgan fingerprint density at radius 2 is 1.20 bits per heavy atom. The molecule has 2 rings (SSSR count). The molecular formula is C15H22. The second-order valence-electron chi connectivity index (χ2n) is 6.63. The van der Waals surface area contributed by atoms with Crippen molar-refractivity contribution in [2.75, 3.05) is 0 Å². The molecule has 0 aliphatic heterocycles. The molecule has 82 valence electrons. The Morgan fingerprint density at radius 1 is 0.800 bits per heavy atom. The average molecular weight is 202 g/mol. The maximum absolute atomic E-state index is 2.40. The van der Waals surface area contributed by atoms with Crippen molar-refractivity contribution in [1.82, 2.24) is 0 Å². The molecule has 0 heteroatoms. The summed E-state index contributed by atoms with van der Waals surface area (Å²) in [6.07, 6.45) is 3.77. The van der Waals surface area contributed by atoms with E-state index in [1.54, 1.807) is 11.1 Å². The van der Waals surface area contributed by atoms with Crippen molar-refractivity contribution in [2.24, 2.45) is 10.8 Å². The van der Waals surface area contributed by atoms with Crippen molar-refractivity contribution in [3.05, 3.63) is 35.4 Å². The minimum atomic E-state index is 0.441. The summed E-state index contributed by atoms with van der Waals surface area (Å²) >= 11 is 0. The SMILES string of the molecule is CC1(C)Cc2ccccc2CC(C)(C)C1. The van der Waals surface area contributed by atoms with Crippen LogP contribution in [0.3, 0.4) is 0 Å². The van der Waals surface area contributed by atoms with E-state index in [2.05, 4.69) is 52.0 Å². The van der Waals surface area contributed by atoms with Gasteiger partial charge in [-0.3, -0.25) is 0 Å². The van der Waals surface area contributed by atoms with Crippen molar-refractivity contribution >= 4 is 0 Å². The highest BCUT2D eigenvalue weighted by Gasteiger charge is 2.33. The fourth-order valence-electron chi connectivity index (χ4n) is 3.35. The lowest BCUT2D eigenvalue weighted by Crippen LogP contribution is -2.23. The number of rotatable bonds is 0. The van der Waals surface area contributed by atoms with Gasteiger partial charge in [0.15, 0.2) is 0 Å². The Hall–Kier alpha value is -0.780. The van der Waals surface area contributed by atoms with Crippen LogP contribution in [0.5, 0.6) is 0 Å². The van der Waals surface area contributed by atoms with Gasteiger partial charge in [-0.25, -0.2) is 0 Å². The topological polar surface area (TPSA) is 0 Å². The quantitative estimate of drug-likeness (QED) is 0.552. The van der Waals surface area contributed by atoms with Gasteiger partial charge < -0.3 is 0 Å². The van der Waals surface area contributed by atoms with Gasteiger partial charge in [0.2, 0.25) is 0 Å². The molecule has 1 aliphatic carbocycles. The largest absolute Gasteiger partial charge is 0.0620 e. The molecule has 0 bridgehead atoms. The van der Waals surface area contributed by atoms with Crippen molar-refractivity contribution < 1.29 is 0 Å². The summed E-state index contributed by atoms with van der Waals surface area (Å²) in [5, 5.41) is 0. The zero-order valence-corrected chi connectivity index (χ0v) is 10.4. The lowest BCUT2D eigenvalue weighted by atomic mass is 9.73. The third-order valence-electron chi connectivity index (χ3n) is 3.41. The minimum absolute atomic E-state index is 0.441. The van der Waals surface area contributed by atoms with E-state index in [0.29, 0.717) is 10.8 Å². The minimum Gasteiger partial charge on any atom is -0.0620 e. The maximum Gasteiger partial charge on any atom is -0.0224 e. The summed E-state index contributed by atoms with van der Waals surface area (Å²) in [6, 6.07) is 8.96. The van der Waals surface area contributed by atoms with Crippen molar-refractivity contribution in [3.63, 3.8) is 0 Å². The van der Waals surface area contributed by atoms with E-state index in [0.717, 1.165) is 0 Å². The lowest BCUT2D eigenvalue weighted by Gasteiger charge is -2.31. The highest BCUT2D eigenvalue weighted by atomic mass is 14.4. The molecule has 15 heavy (non-hydrogen) atoms. The predicted octanol–water partition coefficient (Wildman–Crippen LogP) is 4.23. The first-order chi connectivity index (χ1) is 6.88. The van der Waals surface area contributed by atoms with Gasteiger partial charge in [-0.1, -0.05) is 52.0 Å². The van der Waals surface area contributed by atoms with Gasteiger partial charge in [0.05, 0.1) is 0 Å². The molecule has 0 nitrogen and oxygen atoms in total. The molecule has 0 unspecified atom stereocenters. The summed E-state index contributed by atoms with van der Waals surface area (Å²) in [6.45, 7) is 9.60. The molecule has 1 aromatic rings. The Kier molecular flexibility index (Phi) is 2.41. The molecule has 0 amide bonds. The molecule has 0 spiro atoms. The first-order valence-electron chi connectivity index (χ1n) is 5.95. The molecule has 1 aliphatic rings. The van der Waals surface area contributed by atoms with Gasteiger partial charge in [0.1, 0.15) is 0 Å². The van der Waals surface area contributed by atoms with E-state index < -0.39 is 0 Å². The van der Waals surface area contributed by atoms with Gasteiger partial charge in [-0.2, -0.15) is 0 Å². The summed E-state index contributed by atoms with van der Waals surface area (Å²) in [7, 11) is 0. The molecule has 0 radical (unpaired) electrons. The number of hydrogen-bond donors (Lipinski definition) is 0. The van der Waals surface area contributed by atoms with E-state index in [-0.39, 0.29) is 0 Å². The fourth-order valence-corrected chi connectivity index (χ4v) is 3.35. The lowest BCUT2D eigenvalue weighted by molar-refractivity contribution is 0.204. The molecule has 0 aromatic heterocycles. The standard InChI is InChI=1S/C15H22/c1-14(2)9-12-7-5-6-8-13(12)10-15(3,4)11-14/h5-8H,9-11H2,1-4H3. The normalized spacial score (nSPS) is 22.9. The second kappa shape index (κ2) is 3.37. The van der Waals surface area contributed by atoms with E-state index in [1.807, 2.05) is 0 Å². The van der Waals surface area contributed by atoms with Crippen LogP contribution in [-0.4, -0.2) is 0 Å². The van der Waals surface area contributed by atoms with E-state index >= 15 is 0 Å². The Balaban J connectivity index is 2.44. The molecule has 1 aromatic carbocycles. The molecular weight excluding hydrogens is 180 g/mol. The van der Waals surface area contributed by atoms with E-state index in [4.69, 9.17) is 0 Å². The molecule has 0 heterocycles. The Morgan fingerprint density at radius 3 is 1.60 bits per heavy atom. The van der Waals surface area contributed by atoms with Crippen molar-refractivity contribution in [2.45, 2.75) is 47.0 Å². The molecule has 0 atom stereocenters. The molecule has 0 saturated heterocycles. The fraction of sp³-hybridized carbons (Fsp3) is 0.600. The summed E-state index contributed by atoms with van der Waals surface area (Å²) in [5.74, 6) is 0. The highest BCUT2D eigenvalue weighted by Crippen LogP contribution is 2.42. The van der Waals surface area contributed by atoms with Crippen LogP contribution in [0.4, 0.5) is 0 Å². The second-order valence-corrected chi connectivity index (χ2v) is 6.63. The monoisotopic (exact) mass is 202 g/mol. The average Bonchev–Trinajstić information content (AvgIpc) is 2.13. The van der Waals surface area contributed by atoms with E-state index in [9.17, 15) is 0 Å². The third kappa shape index (κ3) is 2.42. The Labute approximate surface area is 93.7 Å². The zero-order chi connectivity index (χ0) is 11.1. The Bertz CT molecular complexity index is 323. The molecule has 0 N–H and O–H groups in total. The third-order valence-corrected chi connectivity index (χ3v) is 3.41. The van der Waals surface area contributed by atoms with Crippen molar-refractivity contribution in [3.8, 4) is 0 Å². The molecule has 0 fully saturated rings. The molecule has 0 saturated carbocycles. The summed E-state index contributed by atoms with van der Waals surface area (Å²) in [5.41, 5.74) is 4.01. The van der Waals surface area contributed by atoms with E-state index in [1.165, 1.54) is 19.3 Å². The van der Waals surface area contributed by atoms with Crippen LogP contribution in [0.25, 0.3) is 0 Å². The van der Waals surface area contributed by atoms with Gasteiger partial charge in [0.25, 0.3) is 0 Å². The van der Waals surface area contributed by atoms with Crippen LogP contribution in [0.2, 0.25) is 0 Å². The van der Waals surface area contributed by atoms with Crippen LogP contribution in [0.1, 0.15) is 45.2 Å². The number of hydrogen-bond acceptors (Lipinski definition) is 0. The maximum atomic E-state index is 2.40. The first-order valence-corrected chi connectivity index (χ1v) is 5.95. The number of fused-ring (bicyclic) bond motifs is 1. The van der Waals surface area contributed by atoms with Crippen LogP contribution in [0.15, 0.2) is 24.3 Å². The van der Waals surface area contributed by atoms with Gasteiger partial charge in [-0.15, -0.1) is 0 Å². The van der Waals surface area contributed by atoms with Crippen molar-refractivity contribution in [1.29, 1.82) is 0 Å². The van der Waals surface area contributed by atoms with Gasteiger partial charge >= 0.3 is 0 Å². The highest BCUT2D eigenvalue weighted by molar-refractivity contribution is 5.30. The predicted molar refractivity (Wildman–Crippen MR) is 66.0 cm³/mol. The van der Waals surface area contributed by atoms with Gasteiger partial charge in [0, 0.05) is 0 Å². The smallest absolute Gasteiger partial charge is 0.0224 e. The summed E-state index contributed by atoms with van der Waals surface area (Å²) < 4.78 is 0. The zero-order valence-electron chi connectivity index (χ0n) is 10.4.